The van der Waals surface area contributed by atoms with Crippen LogP contribution in [0.4, 0.5) is 0 Å². The fraction of sp³-hybridized carbons (Fsp3) is 0.944. The van der Waals surface area contributed by atoms with E-state index in [-0.39, 0.29) is 11.5 Å². The smallest absolute Gasteiger partial charge is 0.305 e. The fourth-order valence-corrected chi connectivity index (χ4v) is 2.35. The minimum absolute atomic E-state index is 0.115. The molecular formula is C18H36ClNO2. The van der Waals surface area contributed by atoms with E-state index in [0.717, 1.165) is 12.8 Å². The molecule has 0 heterocycles. The monoisotopic (exact) mass is 333 g/mol. The van der Waals surface area contributed by atoms with Gasteiger partial charge in [0.2, 0.25) is 0 Å². The first-order valence-electron chi connectivity index (χ1n) is 9.05. The molecule has 0 aliphatic carbocycles. The Bertz CT molecular complexity index is 270. The third-order valence-electron chi connectivity index (χ3n) is 3.83. The van der Waals surface area contributed by atoms with Gasteiger partial charge in [0.05, 0.1) is 5.54 Å². The average molecular weight is 334 g/mol. The number of hydrogen-bond donors (Lipinski definition) is 1. The van der Waals surface area contributed by atoms with Crippen molar-refractivity contribution in [3.05, 3.63) is 0 Å². The summed E-state index contributed by atoms with van der Waals surface area (Å²) in [5.74, 6) is -0.115. The number of carbonyl (C=O) groups is 1. The molecule has 132 valence electrons. The van der Waals surface area contributed by atoms with E-state index in [2.05, 4.69) is 11.8 Å². The number of ether oxygens (including phenoxy) is 1. The van der Waals surface area contributed by atoms with Crippen molar-refractivity contribution in [3.63, 3.8) is 0 Å². The van der Waals surface area contributed by atoms with E-state index < -0.39 is 0 Å². The zero-order valence-corrected chi connectivity index (χ0v) is 15.6. The Morgan fingerprint density at radius 3 is 1.82 bits per heavy atom. The number of carbonyl (C=O) groups excluding carboxylic acids is 1. The fourth-order valence-electron chi connectivity index (χ4n) is 2.29. The topological polar surface area (TPSA) is 38.3 Å². The van der Waals surface area contributed by atoms with Crippen LogP contribution in [0.15, 0.2) is 0 Å². The van der Waals surface area contributed by atoms with Crippen LogP contribution in [0.5, 0.6) is 0 Å². The second-order valence-corrected chi connectivity index (χ2v) is 7.11. The maximum Gasteiger partial charge on any atom is 0.305 e. The van der Waals surface area contributed by atoms with Crippen molar-refractivity contribution in [2.75, 3.05) is 6.61 Å². The van der Waals surface area contributed by atoms with E-state index in [1.165, 1.54) is 57.8 Å². The lowest BCUT2D eigenvalue weighted by molar-refractivity contribution is -0.145. The van der Waals surface area contributed by atoms with Crippen LogP contribution in [0.3, 0.4) is 0 Å². The van der Waals surface area contributed by atoms with Crippen LogP contribution < -0.4 is 4.84 Å². The van der Waals surface area contributed by atoms with Gasteiger partial charge in [0.25, 0.3) is 0 Å². The first-order chi connectivity index (χ1) is 10.5. The standard InChI is InChI=1S/C18H36ClNO2/c1-4-5-6-7-8-9-10-11-12-13-14-15-17(21)22-16-18(2,3)20-19/h20H,4-16H2,1-3H3. The minimum atomic E-state index is -0.367. The molecule has 0 rings (SSSR count). The Kier molecular flexibility index (Phi) is 14.1. The molecular weight excluding hydrogens is 298 g/mol. The van der Waals surface area contributed by atoms with E-state index in [1.807, 2.05) is 13.8 Å². The Morgan fingerprint density at radius 1 is 0.909 bits per heavy atom. The summed E-state index contributed by atoms with van der Waals surface area (Å²) in [6.45, 7) is 6.36. The van der Waals surface area contributed by atoms with Gasteiger partial charge in [0.15, 0.2) is 0 Å². The third-order valence-corrected chi connectivity index (χ3v) is 4.35. The number of nitrogens with one attached hydrogen (secondary N) is 1. The van der Waals surface area contributed by atoms with Crippen molar-refractivity contribution >= 4 is 17.7 Å². The Hall–Kier alpha value is -0.280. The summed E-state index contributed by atoms with van der Waals surface area (Å²) in [6, 6.07) is 0. The molecule has 0 saturated heterocycles. The van der Waals surface area contributed by atoms with E-state index in [0.29, 0.717) is 13.0 Å². The molecule has 0 bridgehead atoms. The van der Waals surface area contributed by atoms with Gasteiger partial charge in [-0.3, -0.25) is 4.79 Å². The molecule has 1 N–H and O–H groups in total. The van der Waals surface area contributed by atoms with Crippen molar-refractivity contribution in [2.24, 2.45) is 0 Å². The quantitative estimate of drug-likeness (QED) is 0.235. The normalized spacial score (nSPS) is 11.6. The van der Waals surface area contributed by atoms with Crippen molar-refractivity contribution < 1.29 is 9.53 Å². The summed E-state index contributed by atoms with van der Waals surface area (Å²) in [5, 5.41) is 0. The maximum atomic E-state index is 11.6. The van der Waals surface area contributed by atoms with E-state index >= 15 is 0 Å². The highest BCUT2D eigenvalue weighted by molar-refractivity contribution is 6.13. The number of halogens is 1. The lowest BCUT2D eigenvalue weighted by Gasteiger charge is -2.21. The highest BCUT2D eigenvalue weighted by atomic mass is 35.5. The molecule has 3 nitrogen and oxygen atoms in total. The predicted octanol–water partition coefficient (Wildman–Crippen LogP) is 5.75. The molecule has 0 fully saturated rings. The second kappa shape index (κ2) is 14.3. The molecule has 0 aliphatic rings. The number of unbranched alkanes of at least 4 members (excludes halogenated alkanes) is 10. The van der Waals surface area contributed by atoms with Crippen LogP contribution in [0.25, 0.3) is 0 Å². The SMILES string of the molecule is CCCCCCCCCCCCCC(=O)OCC(C)(C)NCl. The number of rotatable bonds is 15. The molecule has 0 spiro atoms. The first-order valence-corrected chi connectivity index (χ1v) is 9.43. The van der Waals surface area contributed by atoms with Gasteiger partial charge in [-0.1, -0.05) is 71.1 Å². The van der Waals surface area contributed by atoms with Gasteiger partial charge < -0.3 is 4.74 Å². The van der Waals surface area contributed by atoms with Crippen LogP contribution in [-0.2, 0) is 9.53 Å². The highest BCUT2D eigenvalue weighted by Crippen LogP contribution is 2.12. The molecule has 0 aromatic heterocycles. The number of hydrogen-bond acceptors (Lipinski definition) is 3. The van der Waals surface area contributed by atoms with Gasteiger partial charge in [0, 0.05) is 6.42 Å². The molecule has 0 radical (unpaired) electrons. The Balaban J connectivity index is 3.27. The molecule has 0 unspecified atom stereocenters. The largest absolute Gasteiger partial charge is 0.464 e. The zero-order valence-electron chi connectivity index (χ0n) is 14.9. The molecule has 0 amide bonds. The maximum absolute atomic E-state index is 11.6. The van der Waals surface area contributed by atoms with Gasteiger partial charge in [-0.25, -0.2) is 4.84 Å². The predicted molar refractivity (Wildman–Crippen MR) is 95.1 cm³/mol. The van der Waals surface area contributed by atoms with Crippen molar-refractivity contribution in [1.29, 1.82) is 0 Å². The average Bonchev–Trinajstić information content (AvgIpc) is 2.50. The first kappa shape index (κ1) is 21.7. The van der Waals surface area contributed by atoms with Crippen molar-refractivity contribution in [2.45, 2.75) is 103 Å². The molecule has 22 heavy (non-hydrogen) atoms. The van der Waals surface area contributed by atoms with Crippen molar-refractivity contribution in [3.8, 4) is 0 Å². The molecule has 0 aromatic carbocycles. The van der Waals surface area contributed by atoms with Gasteiger partial charge in [-0.15, -0.1) is 0 Å². The highest BCUT2D eigenvalue weighted by Gasteiger charge is 2.18. The summed E-state index contributed by atoms with van der Waals surface area (Å²) in [7, 11) is 0. The summed E-state index contributed by atoms with van der Waals surface area (Å²) in [4.78, 5) is 14.2. The summed E-state index contributed by atoms with van der Waals surface area (Å²) in [5.41, 5.74) is -0.367. The zero-order chi connectivity index (χ0) is 16.7. The van der Waals surface area contributed by atoms with E-state index in [9.17, 15) is 4.79 Å². The van der Waals surface area contributed by atoms with Crippen LogP contribution in [-0.4, -0.2) is 18.1 Å². The molecule has 0 aliphatic heterocycles. The van der Waals surface area contributed by atoms with Gasteiger partial charge in [0.1, 0.15) is 6.61 Å². The third kappa shape index (κ3) is 14.6. The summed E-state index contributed by atoms with van der Waals surface area (Å²) < 4.78 is 5.20. The van der Waals surface area contributed by atoms with Crippen LogP contribution >= 0.6 is 11.8 Å². The van der Waals surface area contributed by atoms with Gasteiger partial charge in [-0.2, -0.15) is 0 Å². The van der Waals surface area contributed by atoms with E-state index in [1.54, 1.807) is 0 Å². The minimum Gasteiger partial charge on any atom is -0.464 e. The summed E-state index contributed by atoms with van der Waals surface area (Å²) >= 11 is 5.56. The van der Waals surface area contributed by atoms with Gasteiger partial charge >= 0.3 is 5.97 Å². The van der Waals surface area contributed by atoms with Crippen LogP contribution in [0.2, 0.25) is 0 Å². The van der Waals surface area contributed by atoms with E-state index in [4.69, 9.17) is 16.5 Å². The molecule has 0 atom stereocenters. The molecule has 0 aromatic rings. The molecule has 4 heteroatoms. The Labute approximate surface area is 142 Å². The lowest BCUT2D eigenvalue weighted by atomic mass is 10.1. The molecule has 0 saturated carbocycles. The second-order valence-electron chi connectivity index (χ2n) is 6.92. The van der Waals surface area contributed by atoms with Gasteiger partial charge in [-0.05, 0) is 32.0 Å². The Morgan fingerprint density at radius 2 is 1.36 bits per heavy atom. The van der Waals surface area contributed by atoms with Crippen LogP contribution in [0, 0.1) is 0 Å². The van der Waals surface area contributed by atoms with Crippen molar-refractivity contribution in [1.82, 2.24) is 4.84 Å². The number of esters is 1. The van der Waals surface area contributed by atoms with Crippen LogP contribution in [0.1, 0.15) is 97.8 Å². The lowest BCUT2D eigenvalue weighted by Crippen LogP contribution is -2.38. The summed E-state index contributed by atoms with van der Waals surface area (Å²) in [6.07, 6.45) is 14.7.